The van der Waals surface area contributed by atoms with Crippen LogP contribution in [0.3, 0.4) is 0 Å². The Balaban J connectivity index is 2.37. The van der Waals surface area contributed by atoms with Gasteiger partial charge in [0.25, 0.3) is 5.91 Å². The number of ether oxygens (including phenoxy) is 2. The summed E-state index contributed by atoms with van der Waals surface area (Å²) in [7, 11) is 0. The molecule has 0 saturated heterocycles. The molecule has 2 aromatic carbocycles. The minimum absolute atomic E-state index is 0.285. The quantitative estimate of drug-likeness (QED) is 0.667. The van der Waals surface area contributed by atoms with Crippen LogP contribution in [0.1, 0.15) is 29.8 Å². The average molecular weight is 390 g/mol. The number of hydrogen-bond acceptors (Lipinski definition) is 4. The molecular formula is C20H20ClNO5. The van der Waals surface area contributed by atoms with E-state index in [9.17, 15) is 14.7 Å². The van der Waals surface area contributed by atoms with Crippen molar-refractivity contribution in [2.24, 2.45) is 0 Å². The van der Waals surface area contributed by atoms with E-state index in [-0.39, 0.29) is 10.7 Å². The molecule has 7 heteroatoms. The summed E-state index contributed by atoms with van der Waals surface area (Å²) in [6.07, 6.45) is 1.31. The van der Waals surface area contributed by atoms with Crippen LogP contribution in [0.2, 0.25) is 5.02 Å². The summed E-state index contributed by atoms with van der Waals surface area (Å²) in [6, 6.07) is 11.5. The molecule has 0 aromatic heterocycles. The van der Waals surface area contributed by atoms with E-state index in [1.807, 2.05) is 13.8 Å². The Labute approximate surface area is 162 Å². The second-order valence-corrected chi connectivity index (χ2v) is 5.79. The molecule has 6 nitrogen and oxygen atoms in total. The zero-order chi connectivity index (χ0) is 19.8. The number of carbonyl (C=O) groups excluding carboxylic acids is 1. The number of amides is 1. The highest BCUT2D eigenvalue weighted by Gasteiger charge is 2.16. The Morgan fingerprint density at radius 3 is 2.37 bits per heavy atom. The molecule has 0 fully saturated rings. The second kappa shape index (κ2) is 9.64. The molecule has 142 valence electrons. The SMILES string of the molecule is CCOc1cc(C=C(NC(=O)c2ccccc2)C(=O)O)cc(Cl)c1OCC. The van der Waals surface area contributed by atoms with Crippen molar-refractivity contribution in [2.45, 2.75) is 13.8 Å². The van der Waals surface area contributed by atoms with Gasteiger partial charge in [0, 0.05) is 5.56 Å². The largest absolute Gasteiger partial charge is 0.490 e. The van der Waals surface area contributed by atoms with Crippen molar-refractivity contribution in [1.29, 1.82) is 0 Å². The van der Waals surface area contributed by atoms with Gasteiger partial charge in [0.2, 0.25) is 0 Å². The van der Waals surface area contributed by atoms with Gasteiger partial charge in [-0.25, -0.2) is 4.79 Å². The first kappa shape index (κ1) is 20.3. The predicted octanol–water partition coefficient (Wildman–Crippen LogP) is 3.99. The van der Waals surface area contributed by atoms with E-state index in [1.54, 1.807) is 42.5 Å². The first-order valence-corrected chi connectivity index (χ1v) is 8.74. The highest BCUT2D eigenvalue weighted by atomic mass is 35.5. The Morgan fingerprint density at radius 1 is 1.11 bits per heavy atom. The average Bonchev–Trinajstić information content (AvgIpc) is 2.65. The first-order valence-electron chi connectivity index (χ1n) is 8.36. The molecule has 2 N–H and O–H groups in total. The van der Waals surface area contributed by atoms with Crippen LogP contribution >= 0.6 is 11.6 Å². The fourth-order valence-corrected chi connectivity index (χ4v) is 2.59. The number of hydrogen-bond donors (Lipinski definition) is 2. The lowest BCUT2D eigenvalue weighted by Crippen LogP contribution is -2.27. The number of carboxylic acids is 1. The van der Waals surface area contributed by atoms with Gasteiger partial charge in [0.1, 0.15) is 5.70 Å². The van der Waals surface area contributed by atoms with Gasteiger partial charge < -0.3 is 19.9 Å². The van der Waals surface area contributed by atoms with Crippen LogP contribution in [0.15, 0.2) is 48.2 Å². The van der Waals surface area contributed by atoms with Gasteiger partial charge in [-0.15, -0.1) is 0 Å². The standard InChI is InChI=1S/C20H20ClNO5/c1-3-26-17-12-13(10-15(21)18(17)27-4-2)11-16(20(24)25)22-19(23)14-8-6-5-7-9-14/h5-12H,3-4H2,1-2H3,(H,22,23)(H,24,25). The molecule has 0 bridgehead atoms. The topological polar surface area (TPSA) is 84.9 Å². The van der Waals surface area contributed by atoms with Crippen LogP contribution < -0.4 is 14.8 Å². The lowest BCUT2D eigenvalue weighted by atomic mass is 10.1. The summed E-state index contributed by atoms with van der Waals surface area (Å²) < 4.78 is 11.0. The van der Waals surface area contributed by atoms with Gasteiger partial charge >= 0.3 is 5.97 Å². The van der Waals surface area contributed by atoms with Crippen molar-refractivity contribution in [2.75, 3.05) is 13.2 Å². The normalized spacial score (nSPS) is 11.0. The van der Waals surface area contributed by atoms with E-state index in [4.69, 9.17) is 21.1 Å². The highest BCUT2D eigenvalue weighted by molar-refractivity contribution is 6.32. The fourth-order valence-electron chi connectivity index (χ4n) is 2.32. The molecular weight excluding hydrogens is 370 g/mol. The third-order valence-corrected chi connectivity index (χ3v) is 3.73. The number of aliphatic carboxylic acids is 1. The third kappa shape index (κ3) is 5.49. The summed E-state index contributed by atoms with van der Waals surface area (Å²) in [5, 5.41) is 12.1. The van der Waals surface area contributed by atoms with Gasteiger partial charge in [0.15, 0.2) is 11.5 Å². The molecule has 0 aliphatic carbocycles. The van der Waals surface area contributed by atoms with E-state index in [2.05, 4.69) is 5.32 Å². The van der Waals surface area contributed by atoms with Gasteiger partial charge in [-0.3, -0.25) is 4.79 Å². The van der Waals surface area contributed by atoms with Crippen molar-refractivity contribution in [1.82, 2.24) is 5.32 Å². The molecule has 27 heavy (non-hydrogen) atoms. The monoisotopic (exact) mass is 389 g/mol. The second-order valence-electron chi connectivity index (χ2n) is 5.38. The maximum atomic E-state index is 12.2. The molecule has 0 radical (unpaired) electrons. The van der Waals surface area contributed by atoms with Gasteiger partial charge in [-0.1, -0.05) is 29.8 Å². The van der Waals surface area contributed by atoms with E-state index >= 15 is 0 Å². The number of benzene rings is 2. The highest BCUT2D eigenvalue weighted by Crippen LogP contribution is 2.37. The zero-order valence-corrected chi connectivity index (χ0v) is 15.7. The van der Waals surface area contributed by atoms with Crippen LogP contribution in [0, 0.1) is 0 Å². The molecule has 0 spiro atoms. The minimum atomic E-state index is -1.28. The summed E-state index contributed by atoms with van der Waals surface area (Å²) >= 11 is 6.24. The van der Waals surface area contributed by atoms with Crippen molar-refractivity contribution in [3.8, 4) is 11.5 Å². The van der Waals surface area contributed by atoms with E-state index in [0.29, 0.717) is 35.8 Å². The fraction of sp³-hybridized carbons (Fsp3) is 0.200. The minimum Gasteiger partial charge on any atom is -0.490 e. The van der Waals surface area contributed by atoms with E-state index < -0.39 is 11.9 Å². The molecule has 0 aliphatic heterocycles. The number of carbonyl (C=O) groups is 2. The third-order valence-electron chi connectivity index (χ3n) is 3.45. The molecule has 0 aliphatic rings. The summed E-state index contributed by atoms with van der Waals surface area (Å²) in [4.78, 5) is 23.8. The van der Waals surface area contributed by atoms with E-state index in [0.717, 1.165) is 0 Å². The van der Waals surface area contributed by atoms with Gasteiger partial charge in [0.05, 0.1) is 18.2 Å². The molecule has 0 saturated carbocycles. The number of rotatable bonds is 8. The van der Waals surface area contributed by atoms with Crippen LogP contribution in [0.25, 0.3) is 6.08 Å². The summed E-state index contributed by atoms with van der Waals surface area (Å²) in [6.45, 7) is 4.43. The molecule has 0 atom stereocenters. The molecule has 2 aromatic rings. The first-order chi connectivity index (χ1) is 13.0. The van der Waals surface area contributed by atoms with Gasteiger partial charge in [-0.05, 0) is 49.8 Å². The smallest absolute Gasteiger partial charge is 0.352 e. The Bertz CT molecular complexity index is 849. The maximum Gasteiger partial charge on any atom is 0.352 e. The van der Waals surface area contributed by atoms with Gasteiger partial charge in [-0.2, -0.15) is 0 Å². The van der Waals surface area contributed by atoms with Crippen molar-refractivity contribution < 1.29 is 24.2 Å². The Morgan fingerprint density at radius 2 is 1.78 bits per heavy atom. The lowest BCUT2D eigenvalue weighted by Gasteiger charge is -2.14. The summed E-state index contributed by atoms with van der Waals surface area (Å²) in [5.74, 6) is -1.01. The van der Waals surface area contributed by atoms with Crippen molar-refractivity contribution >= 4 is 29.6 Å². The summed E-state index contributed by atoms with van der Waals surface area (Å²) in [5.41, 5.74) is 0.522. The zero-order valence-electron chi connectivity index (χ0n) is 15.0. The van der Waals surface area contributed by atoms with E-state index in [1.165, 1.54) is 6.08 Å². The van der Waals surface area contributed by atoms with Crippen LogP contribution in [0.5, 0.6) is 11.5 Å². The van der Waals surface area contributed by atoms with Crippen molar-refractivity contribution in [3.63, 3.8) is 0 Å². The van der Waals surface area contributed by atoms with Crippen molar-refractivity contribution in [3.05, 3.63) is 64.3 Å². The number of carboxylic acid groups (broad SMARTS) is 1. The molecule has 2 rings (SSSR count). The van der Waals surface area contributed by atoms with Crippen LogP contribution in [0.4, 0.5) is 0 Å². The molecule has 0 unspecified atom stereocenters. The lowest BCUT2D eigenvalue weighted by molar-refractivity contribution is -0.132. The van der Waals surface area contributed by atoms with Crippen LogP contribution in [-0.4, -0.2) is 30.2 Å². The Kier molecular flexibility index (Phi) is 7.25. The maximum absolute atomic E-state index is 12.2. The molecule has 1 amide bonds. The number of nitrogens with one attached hydrogen (secondary N) is 1. The number of halogens is 1. The Hall–Kier alpha value is -2.99. The molecule has 0 heterocycles. The predicted molar refractivity (Wildman–Crippen MR) is 103 cm³/mol. The van der Waals surface area contributed by atoms with Crippen LogP contribution in [-0.2, 0) is 4.79 Å².